The molecule has 0 spiro atoms. The number of hydrazine groups is 1. The number of carbonyl (C=O) groups excluding carboxylic acids is 2. The number of rotatable bonds is 2. The summed E-state index contributed by atoms with van der Waals surface area (Å²) in [6, 6.07) is 10.3. The third-order valence-electron chi connectivity index (χ3n) is 3.17. The Balaban J connectivity index is 1.98. The average Bonchev–Trinajstić information content (AvgIpc) is 2.48. The molecule has 0 saturated heterocycles. The van der Waals surface area contributed by atoms with Gasteiger partial charge >= 0.3 is 0 Å². The third kappa shape index (κ3) is 3.66. The number of amides is 2. The van der Waals surface area contributed by atoms with E-state index in [2.05, 4.69) is 10.9 Å². The Kier molecular flexibility index (Phi) is 4.33. The Hall–Kier alpha value is -2.69. The summed E-state index contributed by atoms with van der Waals surface area (Å²) in [4.78, 5) is 23.7. The topological polar surface area (TPSA) is 58.2 Å². The van der Waals surface area contributed by atoms with Crippen LogP contribution in [0.15, 0.2) is 42.5 Å². The van der Waals surface area contributed by atoms with Gasteiger partial charge in [-0.05, 0) is 61.4 Å². The van der Waals surface area contributed by atoms with Crippen LogP contribution >= 0.6 is 0 Å². The van der Waals surface area contributed by atoms with E-state index in [4.69, 9.17) is 0 Å². The number of benzene rings is 2. The van der Waals surface area contributed by atoms with E-state index in [1.54, 1.807) is 12.1 Å². The van der Waals surface area contributed by atoms with Crippen molar-refractivity contribution >= 4 is 11.8 Å². The van der Waals surface area contributed by atoms with E-state index in [1.807, 2.05) is 19.9 Å². The third-order valence-corrected chi connectivity index (χ3v) is 3.17. The summed E-state index contributed by atoms with van der Waals surface area (Å²) in [5, 5.41) is 0. The van der Waals surface area contributed by atoms with Crippen molar-refractivity contribution in [2.45, 2.75) is 13.8 Å². The zero-order valence-electron chi connectivity index (χ0n) is 11.7. The maximum atomic E-state index is 12.8. The highest BCUT2D eigenvalue weighted by molar-refractivity contribution is 5.99. The second-order valence-electron chi connectivity index (χ2n) is 4.71. The smallest absolute Gasteiger partial charge is 0.267 e. The summed E-state index contributed by atoms with van der Waals surface area (Å²) in [6.45, 7) is 3.86. The van der Waals surface area contributed by atoms with Gasteiger partial charge in [0, 0.05) is 11.1 Å². The molecule has 0 fully saturated rings. The molecule has 0 bridgehead atoms. The summed E-state index contributed by atoms with van der Waals surface area (Å²) in [5.74, 6) is -1.34. The minimum atomic E-state index is -0.507. The molecule has 2 N–H and O–H groups in total. The lowest BCUT2D eigenvalue weighted by molar-refractivity contribution is 0.0846. The summed E-state index contributed by atoms with van der Waals surface area (Å²) in [5.41, 5.74) is 7.41. The van der Waals surface area contributed by atoms with Crippen molar-refractivity contribution in [3.05, 3.63) is 70.5 Å². The second-order valence-corrected chi connectivity index (χ2v) is 4.71. The molecule has 2 aromatic rings. The molecule has 0 aromatic heterocycles. The summed E-state index contributed by atoms with van der Waals surface area (Å²) in [7, 11) is 0. The van der Waals surface area contributed by atoms with Crippen LogP contribution in [0, 0.1) is 19.7 Å². The molecule has 2 rings (SSSR count). The van der Waals surface area contributed by atoms with Crippen molar-refractivity contribution in [3.63, 3.8) is 0 Å². The van der Waals surface area contributed by atoms with Crippen LogP contribution in [0.4, 0.5) is 4.39 Å². The highest BCUT2D eigenvalue weighted by Crippen LogP contribution is 2.09. The maximum absolute atomic E-state index is 12.8. The van der Waals surface area contributed by atoms with E-state index in [0.29, 0.717) is 5.56 Å². The monoisotopic (exact) mass is 286 g/mol. The number of carbonyl (C=O) groups is 2. The molecule has 0 radical (unpaired) electrons. The predicted octanol–water partition coefficient (Wildman–Crippen LogP) is 2.52. The van der Waals surface area contributed by atoms with Crippen molar-refractivity contribution < 1.29 is 14.0 Å². The normalized spacial score (nSPS) is 10.0. The van der Waals surface area contributed by atoms with Gasteiger partial charge in [0.25, 0.3) is 11.8 Å². The quantitative estimate of drug-likeness (QED) is 0.833. The van der Waals surface area contributed by atoms with Crippen molar-refractivity contribution in [2.24, 2.45) is 0 Å². The molecule has 21 heavy (non-hydrogen) atoms. The van der Waals surface area contributed by atoms with E-state index >= 15 is 0 Å². The lowest BCUT2D eigenvalue weighted by atomic mass is 10.1. The zero-order chi connectivity index (χ0) is 15.4. The largest absolute Gasteiger partial charge is 0.269 e. The van der Waals surface area contributed by atoms with E-state index in [-0.39, 0.29) is 5.56 Å². The molecule has 108 valence electrons. The van der Waals surface area contributed by atoms with Gasteiger partial charge in [-0.2, -0.15) is 0 Å². The van der Waals surface area contributed by atoms with Crippen LogP contribution in [-0.4, -0.2) is 11.8 Å². The fraction of sp³-hybridized carbons (Fsp3) is 0.125. The summed E-state index contributed by atoms with van der Waals surface area (Å²) < 4.78 is 12.8. The van der Waals surface area contributed by atoms with Gasteiger partial charge in [0.05, 0.1) is 0 Å². The Labute approximate surface area is 122 Å². The van der Waals surface area contributed by atoms with Crippen molar-refractivity contribution in [1.29, 1.82) is 0 Å². The number of halogens is 1. The second kappa shape index (κ2) is 6.17. The molecule has 0 unspecified atom stereocenters. The van der Waals surface area contributed by atoms with Crippen molar-refractivity contribution in [2.75, 3.05) is 0 Å². The fourth-order valence-corrected chi connectivity index (χ4v) is 1.74. The van der Waals surface area contributed by atoms with Crippen LogP contribution in [0.2, 0.25) is 0 Å². The first-order chi connectivity index (χ1) is 9.97. The molecular formula is C16H15FN2O2. The summed E-state index contributed by atoms with van der Waals surface area (Å²) >= 11 is 0. The van der Waals surface area contributed by atoms with Gasteiger partial charge in [0.2, 0.25) is 0 Å². The predicted molar refractivity (Wildman–Crippen MR) is 77.2 cm³/mol. The van der Waals surface area contributed by atoms with Crippen LogP contribution in [0.5, 0.6) is 0 Å². The van der Waals surface area contributed by atoms with Crippen LogP contribution in [-0.2, 0) is 0 Å². The van der Waals surface area contributed by atoms with Gasteiger partial charge in [-0.25, -0.2) is 4.39 Å². The Bertz CT molecular complexity index is 681. The molecule has 4 nitrogen and oxygen atoms in total. The van der Waals surface area contributed by atoms with Gasteiger partial charge < -0.3 is 0 Å². The van der Waals surface area contributed by atoms with Crippen LogP contribution in [0.3, 0.4) is 0 Å². The lowest BCUT2D eigenvalue weighted by Crippen LogP contribution is -2.41. The Morgan fingerprint density at radius 1 is 0.810 bits per heavy atom. The molecule has 0 aliphatic rings. The van der Waals surface area contributed by atoms with Crippen molar-refractivity contribution in [3.8, 4) is 0 Å². The minimum Gasteiger partial charge on any atom is -0.267 e. The number of hydrogen-bond donors (Lipinski definition) is 2. The average molecular weight is 286 g/mol. The minimum absolute atomic E-state index is 0.261. The highest BCUT2D eigenvalue weighted by Gasteiger charge is 2.09. The Morgan fingerprint density at radius 3 is 1.90 bits per heavy atom. The Morgan fingerprint density at radius 2 is 1.33 bits per heavy atom. The van der Waals surface area contributed by atoms with Gasteiger partial charge in [0.15, 0.2) is 0 Å². The molecule has 2 aromatic carbocycles. The number of nitrogens with one attached hydrogen (secondary N) is 2. The SMILES string of the molecule is Cc1ccc(C(=O)NNC(=O)c2ccc(F)cc2)cc1C. The van der Waals surface area contributed by atoms with Gasteiger partial charge in [0.1, 0.15) is 5.82 Å². The first-order valence-corrected chi connectivity index (χ1v) is 6.41. The van der Waals surface area contributed by atoms with Gasteiger partial charge in [-0.1, -0.05) is 6.07 Å². The lowest BCUT2D eigenvalue weighted by Gasteiger charge is -2.08. The van der Waals surface area contributed by atoms with Crippen molar-refractivity contribution in [1.82, 2.24) is 10.9 Å². The molecule has 0 heterocycles. The van der Waals surface area contributed by atoms with Crippen LogP contribution in [0.25, 0.3) is 0 Å². The van der Waals surface area contributed by atoms with Crippen LogP contribution in [0.1, 0.15) is 31.8 Å². The molecule has 5 heteroatoms. The van der Waals surface area contributed by atoms with Gasteiger partial charge in [-0.15, -0.1) is 0 Å². The first kappa shape index (κ1) is 14.7. The molecule has 2 amide bonds. The van der Waals surface area contributed by atoms with Crippen LogP contribution < -0.4 is 10.9 Å². The van der Waals surface area contributed by atoms with E-state index in [9.17, 15) is 14.0 Å². The summed E-state index contributed by atoms with van der Waals surface area (Å²) in [6.07, 6.45) is 0. The maximum Gasteiger partial charge on any atom is 0.269 e. The number of hydrogen-bond acceptors (Lipinski definition) is 2. The number of aryl methyl sites for hydroxylation is 2. The van der Waals surface area contributed by atoms with E-state index in [0.717, 1.165) is 11.1 Å². The molecule has 0 aliphatic carbocycles. The fourth-order valence-electron chi connectivity index (χ4n) is 1.74. The van der Waals surface area contributed by atoms with Gasteiger partial charge in [-0.3, -0.25) is 20.4 Å². The van der Waals surface area contributed by atoms with E-state index < -0.39 is 17.6 Å². The molecular weight excluding hydrogens is 271 g/mol. The highest BCUT2D eigenvalue weighted by atomic mass is 19.1. The standard InChI is InChI=1S/C16H15FN2O2/c1-10-3-4-13(9-11(10)2)16(21)19-18-15(20)12-5-7-14(17)8-6-12/h3-9H,1-2H3,(H,18,20)(H,19,21). The molecule has 0 aliphatic heterocycles. The van der Waals surface area contributed by atoms with E-state index in [1.165, 1.54) is 24.3 Å². The zero-order valence-corrected chi connectivity index (χ0v) is 11.7. The first-order valence-electron chi connectivity index (χ1n) is 6.41. The molecule has 0 saturated carbocycles. The molecule has 0 atom stereocenters.